The fourth-order valence-corrected chi connectivity index (χ4v) is 2.81. The lowest BCUT2D eigenvalue weighted by Crippen LogP contribution is -2.20. The first-order chi connectivity index (χ1) is 13.0. The molecule has 1 heterocycles. The van der Waals surface area contributed by atoms with Crippen LogP contribution in [0.2, 0.25) is 5.02 Å². The van der Waals surface area contributed by atoms with E-state index in [-0.39, 0.29) is 0 Å². The summed E-state index contributed by atoms with van der Waals surface area (Å²) < 4.78 is 10.6. The van der Waals surface area contributed by atoms with Crippen LogP contribution in [0.15, 0.2) is 42.5 Å². The van der Waals surface area contributed by atoms with Crippen molar-refractivity contribution in [2.24, 2.45) is 0 Å². The number of nitrogens with one attached hydrogen (secondary N) is 3. The molecule has 0 fully saturated rings. The second-order valence-corrected chi connectivity index (χ2v) is 6.17. The Hall–Kier alpha value is -3.19. The highest BCUT2D eigenvalue weighted by Crippen LogP contribution is 2.35. The van der Waals surface area contributed by atoms with Gasteiger partial charge in [-0.1, -0.05) is 17.7 Å². The molecule has 0 unspecified atom stereocenters. The number of H-pyrrole nitrogens is 1. The summed E-state index contributed by atoms with van der Waals surface area (Å²) in [6.45, 7) is 1.83. The summed E-state index contributed by atoms with van der Waals surface area (Å²) in [4.78, 5) is 12.4. The summed E-state index contributed by atoms with van der Waals surface area (Å²) >= 11 is 5.95. The van der Waals surface area contributed by atoms with Gasteiger partial charge in [-0.25, -0.2) is 4.79 Å². The molecule has 140 valence electrons. The van der Waals surface area contributed by atoms with Crippen LogP contribution in [0.3, 0.4) is 0 Å². The molecule has 2 aromatic carbocycles. The van der Waals surface area contributed by atoms with Crippen LogP contribution in [0.4, 0.5) is 16.2 Å². The van der Waals surface area contributed by atoms with Gasteiger partial charge >= 0.3 is 6.03 Å². The minimum Gasteiger partial charge on any atom is -0.493 e. The molecule has 2 amide bonds. The standard InChI is InChI=1S/C19H19ClN4O3/c1-11-17(22-19(25)21-14-6-4-5-13(20)10-14)18(24-23-11)12-7-8-15(26-2)16(9-12)27-3/h4-10H,1-3H3,(H,23,24)(H2,21,22,25). The van der Waals surface area contributed by atoms with E-state index in [1.54, 1.807) is 50.6 Å². The Kier molecular flexibility index (Phi) is 5.52. The first-order valence-corrected chi connectivity index (χ1v) is 8.50. The number of amides is 2. The van der Waals surface area contributed by atoms with Crippen molar-refractivity contribution in [3.05, 3.63) is 53.2 Å². The quantitative estimate of drug-likeness (QED) is 0.593. The van der Waals surface area contributed by atoms with Crippen LogP contribution in [-0.2, 0) is 0 Å². The Morgan fingerprint density at radius 1 is 1.07 bits per heavy atom. The largest absolute Gasteiger partial charge is 0.493 e. The molecule has 0 saturated heterocycles. The number of nitrogens with zero attached hydrogens (tertiary/aromatic N) is 1. The molecule has 0 radical (unpaired) electrons. The van der Waals surface area contributed by atoms with Gasteiger partial charge in [0.1, 0.15) is 5.69 Å². The van der Waals surface area contributed by atoms with Crippen LogP contribution in [-0.4, -0.2) is 30.4 Å². The Morgan fingerprint density at radius 2 is 1.85 bits per heavy atom. The molecule has 1 aromatic heterocycles. The van der Waals surface area contributed by atoms with E-state index in [0.29, 0.717) is 33.6 Å². The van der Waals surface area contributed by atoms with Gasteiger partial charge in [0.05, 0.1) is 25.6 Å². The molecular formula is C19H19ClN4O3. The zero-order valence-electron chi connectivity index (χ0n) is 15.1. The summed E-state index contributed by atoms with van der Waals surface area (Å²) in [5, 5.41) is 13.3. The number of anilines is 2. The predicted octanol–water partition coefficient (Wildman–Crippen LogP) is 4.70. The van der Waals surface area contributed by atoms with Gasteiger partial charge in [-0.05, 0) is 43.3 Å². The number of aromatic nitrogens is 2. The lowest BCUT2D eigenvalue weighted by atomic mass is 10.1. The minimum atomic E-state index is -0.400. The van der Waals surface area contributed by atoms with E-state index >= 15 is 0 Å². The van der Waals surface area contributed by atoms with Crippen molar-refractivity contribution in [1.29, 1.82) is 0 Å². The second kappa shape index (κ2) is 8.01. The molecule has 8 heteroatoms. The second-order valence-electron chi connectivity index (χ2n) is 5.73. The molecule has 0 aliphatic heterocycles. The van der Waals surface area contributed by atoms with Gasteiger partial charge in [0.2, 0.25) is 0 Å². The maximum absolute atomic E-state index is 12.4. The average Bonchev–Trinajstić information content (AvgIpc) is 3.01. The molecule has 0 spiro atoms. The molecule has 3 aromatic rings. The third-order valence-electron chi connectivity index (χ3n) is 3.93. The number of benzene rings is 2. The summed E-state index contributed by atoms with van der Waals surface area (Å²) in [6.07, 6.45) is 0. The van der Waals surface area contributed by atoms with Crippen molar-refractivity contribution >= 4 is 29.0 Å². The van der Waals surface area contributed by atoms with Gasteiger partial charge in [-0.3, -0.25) is 5.10 Å². The van der Waals surface area contributed by atoms with Crippen molar-refractivity contribution in [3.8, 4) is 22.8 Å². The molecule has 0 saturated carbocycles. The third kappa shape index (κ3) is 4.15. The molecule has 0 aliphatic carbocycles. The van der Waals surface area contributed by atoms with Crippen LogP contribution in [0.25, 0.3) is 11.3 Å². The van der Waals surface area contributed by atoms with Crippen LogP contribution in [0, 0.1) is 6.92 Å². The highest BCUT2D eigenvalue weighted by molar-refractivity contribution is 6.30. The van der Waals surface area contributed by atoms with Crippen LogP contribution in [0.5, 0.6) is 11.5 Å². The zero-order valence-corrected chi connectivity index (χ0v) is 15.8. The van der Waals surface area contributed by atoms with Gasteiger partial charge in [0.15, 0.2) is 11.5 Å². The third-order valence-corrected chi connectivity index (χ3v) is 4.16. The fraction of sp³-hybridized carbons (Fsp3) is 0.158. The van der Waals surface area contributed by atoms with Gasteiger partial charge < -0.3 is 20.1 Å². The van der Waals surface area contributed by atoms with Crippen LogP contribution >= 0.6 is 11.6 Å². The molecule has 0 bridgehead atoms. The lowest BCUT2D eigenvalue weighted by molar-refractivity contribution is 0.262. The van der Waals surface area contributed by atoms with Crippen molar-refractivity contribution in [1.82, 2.24) is 10.2 Å². The molecule has 27 heavy (non-hydrogen) atoms. The van der Waals surface area contributed by atoms with E-state index in [0.717, 1.165) is 11.3 Å². The summed E-state index contributed by atoms with van der Waals surface area (Å²) in [5.74, 6) is 1.19. The van der Waals surface area contributed by atoms with Crippen LogP contribution < -0.4 is 20.1 Å². The van der Waals surface area contributed by atoms with Gasteiger partial charge in [0, 0.05) is 16.3 Å². The number of methoxy groups -OCH3 is 2. The van der Waals surface area contributed by atoms with Gasteiger partial charge in [0.25, 0.3) is 0 Å². The van der Waals surface area contributed by atoms with Gasteiger partial charge in [-0.2, -0.15) is 5.10 Å². The van der Waals surface area contributed by atoms with Crippen molar-refractivity contribution in [3.63, 3.8) is 0 Å². The molecule has 7 nitrogen and oxygen atoms in total. The Bertz CT molecular complexity index is 971. The number of aryl methyl sites for hydroxylation is 1. The maximum Gasteiger partial charge on any atom is 0.323 e. The smallest absolute Gasteiger partial charge is 0.323 e. The Balaban J connectivity index is 1.85. The number of rotatable bonds is 5. The number of hydrogen-bond donors (Lipinski definition) is 3. The zero-order chi connectivity index (χ0) is 19.4. The van der Waals surface area contributed by atoms with Crippen LogP contribution in [0.1, 0.15) is 5.69 Å². The summed E-state index contributed by atoms with van der Waals surface area (Å²) in [6, 6.07) is 11.9. The molecule has 0 aliphatic rings. The highest BCUT2D eigenvalue weighted by Gasteiger charge is 2.17. The average molecular weight is 387 g/mol. The number of aromatic amines is 1. The number of halogens is 1. The van der Waals surface area contributed by atoms with Gasteiger partial charge in [-0.15, -0.1) is 0 Å². The van der Waals surface area contributed by atoms with E-state index in [4.69, 9.17) is 21.1 Å². The molecule has 3 N–H and O–H groups in total. The van der Waals surface area contributed by atoms with Crippen molar-refractivity contribution < 1.29 is 14.3 Å². The number of carbonyl (C=O) groups excluding carboxylic acids is 1. The first-order valence-electron chi connectivity index (χ1n) is 8.12. The number of urea groups is 1. The van der Waals surface area contributed by atoms with E-state index in [1.807, 2.05) is 13.0 Å². The van der Waals surface area contributed by atoms with E-state index in [1.165, 1.54) is 0 Å². The summed E-state index contributed by atoms with van der Waals surface area (Å²) in [7, 11) is 3.14. The van der Waals surface area contributed by atoms with Crippen molar-refractivity contribution in [2.45, 2.75) is 6.92 Å². The fourth-order valence-electron chi connectivity index (χ4n) is 2.62. The van der Waals surface area contributed by atoms with E-state index in [2.05, 4.69) is 20.8 Å². The molecule has 3 rings (SSSR count). The highest BCUT2D eigenvalue weighted by atomic mass is 35.5. The Morgan fingerprint density at radius 3 is 2.56 bits per heavy atom. The monoisotopic (exact) mass is 386 g/mol. The van der Waals surface area contributed by atoms with E-state index in [9.17, 15) is 4.79 Å². The SMILES string of the molecule is COc1ccc(-c2n[nH]c(C)c2NC(=O)Nc2cccc(Cl)c2)cc1OC. The summed E-state index contributed by atoms with van der Waals surface area (Å²) in [5.41, 5.74) is 3.25. The van der Waals surface area contributed by atoms with E-state index < -0.39 is 6.03 Å². The number of carbonyl (C=O) groups is 1. The number of ether oxygens (including phenoxy) is 2. The molecular weight excluding hydrogens is 368 g/mol. The Labute approximate surface area is 161 Å². The normalized spacial score (nSPS) is 10.4. The number of hydrogen-bond acceptors (Lipinski definition) is 4. The lowest BCUT2D eigenvalue weighted by Gasteiger charge is -2.11. The predicted molar refractivity (Wildman–Crippen MR) is 106 cm³/mol. The topological polar surface area (TPSA) is 88.3 Å². The minimum absolute atomic E-state index is 0.400. The molecule has 0 atom stereocenters. The first kappa shape index (κ1) is 18.6. The van der Waals surface area contributed by atoms with Crippen molar-refractivity contribution in [2.75, 3.05) is 24.9 Å². The maximum atomic E-state index is 12.4.